The van der Waals surface area contributed by atoms with Crippen molar-refractivity contribution < 1.29 is 9.59 Å². The summed E-state index contributed by atoms with van der Waals surface area (Å²) in [6.45, 7) is 1.05. The molecule has 0 radical (unpaired) electrons. The summed E-state index contributed by atoms with van der Waals surface area (Å²) in [6, 6.07) is 7.86. The van der Waals surface area contributed by atoms with Gasteiger partial charge in [0.2, 0.25) is 11.8 Å². The lowest BCUT2D eigenvalue weighted by molar-refractivity contribution is -0.126. The number of halogens is 1. The molecule has 1 aromatic carbocycles. The molecule has 4 nitrogen and oxygen atoms in total. The van der Waals surface area contributed by atoms with Gasteiger partial charge in [-0.15, -0.1) is 0 Å². The minimum Gasteiger partial charge on any atom is -0.355 e. The standard InChI is InChI=1S/C16H19ClN2O2/c17-13-5-2-1-4-12(13)16(6-3-7-16)10-19-15(21)11-8-14(20)18-9-11/h1-2,4-5,11H,3,6-10H2,(H,18,20)(H,19,21). The largest absolute Gasteiger partial charge is 0.355 e. The summed E-state index contributed by atoms with van der Waals surface area (Å²) in [5, 5.41) is 6.49. The summed E-state index contributed by atoms with van der Waals surface area (Å²) in [5.41, 5.74) is 1.09. The second-order valence-corrected chi connectivity index (χ2v) is 6.44. The van der Waals surface area contributed by atoms with Crippen molar-refractivity contribution in [2.24, 2.45) is 5.92 Å². The highest BCUT2D eigenvalue weighted by Gasteiger charge is 2.40. The molecule has 0 spiro atoms. The maximum Gasteiger partial charge on any atom is 0.225 e. The van der Waals surface area contributed by atoms with Gasteiger partial charge in [-0.25, -0.2) is 0 Å². The topological polar surface area (TPSA) is 58.2 Å². The van der Waals surface area contributed by atoms with Crippen LogP contribution >= 0.6 is 11.6 Å². The molecule has 3 rings (SSSR count). The number of hydrogen-bond acceptors (Lipinski definition) is 2. The van der Waals surface area contributed by atoms with Crippen LogP contribution in [-0.2, 0) is 15.0 Å². The summed E-state index contributed by atoms with van der Waals surface area (Å²) in [6.07, 6.45) is 3.53. The fraction of sp³-hybridized carbons (Fsp3) is 0.500. The first-order valence-electron chi connectivity index (χ1n) is 7.40. The summed E-state index contributed by atoms with van der Waals surface area (Å²) in [4.78, 5) is 23.3. The molecule has 1 saturated carbocycles. The predicted octanol–water partition coefficient (Wildman–Crippen LogP) is 2.01. The fourth-order valence-electron chi connectivity index (χ4n) is 3.23. The zero-order chi connectivity index (χ0) is 14.9. The van der Waals surface area contributed by atoms with Crippen LogP contribution in [0.15, 0.2) is 24.3 Å². The Morgan fingerprint density at radius 3 is 2.71 bits per heavy atom. The third kappa shape index (κ3) is 2.77. The van der Waals surface area contributed by atoms with E-state index in [1.165, 1.54) is 0 Å². The van der Waals surface area contributed by atoms with Crippen molar-refractivity contribution in [1.29, 1.82) is 0 Å². The summed E-state index contributed by atoms with van der Waals surface area (Å²) >= 11 is 6.32. The van der Waals surface area contributed by atoms with Crippen LogP contribution < -0.4 is 10.6 Å². The Hall–Kier alpha value is -1.55. The minimum absolute atomic E-state index is 0.0355. The Balaban J connectivity index is 1.66. The van der Waals surface area contributed by atoms with E-state index in [2.05, 4.69) is 10.6 Å². The van der Waals surface area contributed by atoms with E-state index in [9.17, 15) is 9.59 Å². The molecule has 1 aliphatic carbocycles. The van der Waals surface area contributed by atoms with E-state index in [1.54, 1.807) is 0 Å². The number of carbonyl (C=O) groups is 2. The van der Waals surface area contributed by atoms with Gasteiger partial charge in [0.25, 0.3) is 0 Å². The molecule has 2 aliphatic rings. The lowest BCUT2D eigenvalue weighted by Gasteiger charge is -2.43. The second kappa shape index (κ2) is 5.68. The summed E-state index contributed by atoms with van der Waals surface area (Å²) < 4.78 is 0. The number of carbonyl (C=O) groups excluding carboxylic acids is 2. The number of nitrogens with one attached hydrogen (secondary N) is 2. The Labute approximate surface area is 129 Å². The molecule has 1 unspecified atom stereocenters. The van der Waals surface area contributed by atoms with Gasteiger partial charge in [-0.05, 0) is 24.5 Å². The van der Waals surface area contributed by atoms with Crippen LogP contribution in [0.2, 0.25) is 5.02 Å². The van der Waals surface area contributed by atoms with Gasteiger partial charge >= 0.3 is 0 Å². The van der Waals surface area contributed by atoms with Crippen molar-refractivity contribution in [1.82, 2.24) is 10.6 Å². The molecule has 1 heterocycles. The van der Waals surface area contributed by atoms with Gasteiger partial charge in [-0.3, -0.25) is 9.59 Å². The molecular formula is C16H19ClN2O2. The molecule has 2 N–H and O–H groups in total. The Morgan fingerprint density at radius 1 is 1.38 bits per heavy atom. The smallest absolute Gasteiger partial charge is 0.225 e. The Kier molecular flexibility index (Phi) is 3.89. The number of hydrogen-bond donors (Lipinski definition) is 2. The van der Waals surface area contributed by atoms with E-state index in [-0.39, 0.29) is 23.1 Å². The van der Waals surface area contributed by atoms with E-state index in [0.717, 1.165) is 29.8 Å². The molecule has 1 saturated heterocycles. The molecule has 2 fully saturated rings. The average molecular weight is 307 g/mol. The van der Waals surface area contributed by atoms with Gasteiger partial charge in [0.05, 0.1) is 5.92 Å². The van der Waals surface area contributed by atoms with Crippen LogP contribution in [0.5, 0.6) is 0 Å². The number of amides is 2. The van der Waals surface area contributed by atoms with Crippen LogP contribution in [0.1, 0.15) is 31.2 Å². The second-order valence-electron chi connectivity index (χ2n) is 6.04. The lowest BCUT2D eigenvalue weighted by Crippen LogP contribution is -2.47. The normalized spacial score (nSPS) is 23.3. The van der Waals surface area contributed by atoms with Crippen LogP contribution in [-0.4, -0.2) is 24.9 Å². The molecule has 2 amide bonds. The first-order chi connectivity index (χ1) is 10.1. The lowest BCUT2D eigenvalue weighted by atomic mass is 9.64. The highest BCUT2D eigenvalue weighted by atomic mass is 35.5. The van der Waals surface area contributed by atoms with Crippen LogP contribution in [0, 0.1) is 5.92 Å². The van der Waals surface area contributed by atoms with Gasteiger partial charge in [-0.2, -0.15) is 0 Å². The zero-order valence-electron chi connectivity index (χ0n) is 11.8. The van der Waals surface area contributed by atoms with Gasteiger partial charge in [0.15, 0.2) is 0 Å². The van der Waals surface area contributed by atoms with Crippen molar-refractivity contribution in [2.75, 3.05) is 13.1 Å². The fourth-order valence-corrected chi connectivity index (χ4v) is 3.56. The highest BCUT2D eigenvalue weighted by molar-refractivity contribution is 6.31. The number of benzene rings is 1. The summed E-state index contributed by atoms with van der Waals surface area (Å²) in [7, 11) is 0. The Bertz CT molecular complexity index is 569. The third-order valence-electron chi connectivity index (χ3n) is 4.71. The zero-order valence-corrected chi connectivity index (χ0v) is 12.6. The average Bonchev–Trinajstić information content (AvgIpc) is 2.86. The number of rotatable bonds is 4. The quantitative estimate of drug-likeness (QED) is 0.894. The molecule has 21 heavy (non-hydrogen) atoms. The van der Waals surface area contributed by atoms with Crippen molar-refractivity contribution in [2.45, 2.75) is 31.1 Å². The van der Waals surface area contributed by atoms with E-state index in [1.807, 2.05) is 24.3 Å². The Morgan fingerprint density at radius 2 is 2.14 bits per heavy atom. The predicted molar refractivity (Wildman–Crippen MR) is 81.1 cm³/mol. The maximum atomic E-state index is 12.2. The molecule has 1 aromatic rings. The maximum absolute atomic E-state index is 12.2. The minimum atomic E-state index is -0.235. The molecular weight excluding hydrogens is 288 g/mol. The molecule has 1 aliphatic heterocycles. The van der Waals surface area contributed by atoms with Crippen LogP contribution in [0.4, 0.5) is 0 Å². The first kappa shape index (κ1) is 14.4. The van der Waals surface area contributed by atoms with Gasteiger partial charge in [-0.1, -0.05) is 36.2 Å². The van der Waals surface area contributed by atoms with Gasteiger partial charge in [0, 0.05) is 29.9 Å². The molecule has 0 bridgehead atoms. The van der Waals surface area contributed by atoms with Crippen LogP contribution in [0.25, 0.3) is 0 Å². The molecule has 112 valence electrons. The summed E-state index contributed by atoms with van der Waals surface area (Å²) in [5.74, 6) is -0.313. The molecule has 1 atom stereocenters. The first-order valence-corrected chi connectivity index (χ1v) is 7.78. The monoisotopic (exact) mass is 306 g/mol. The SMILES string of the molecule is O=C1CC(C(=O)NCC2(c3ccccc3Cl)CCC2)CN1. The van der Waals surface area contributed by atoms with Crippen molar-refractivity contribution in [3.05, 3.63) is 34.9 Å². The van der Waals surface area contributed by atoms with E-state index in [4.69, 9.17) is 11.6 Å². The van der Waals surface area contributed by atoms with E-state index >= 15 is 0 Å². The van der Waals surface area contributed by atoms with Crippen molar-refractivity contribution in [3.8, 4) is 0 Å². The van der Waals surface area contributed by atoms with E-state index < -0.39 is 0 Å². The van der Waals surface area contributed by atoms with E-state index in [0.29, 0.717) is 19.5 Å². The third-order valence-corrected chi connectivity index (χ3v) is 5.03. The van der Waals surface area contributed by atoms with Crippen molar-refractivity contribution >= 4 is 23.4 Å². The van der Waals surface area contributed by atoms with Gasteiger partial charge < -0.3 is 10.6 Å². The van der Waals surface area contributed by atoms with Gasteiger partial charge in [0.1, 0.15) is 0 Å². The van der Waals surface area contributed by atoms with Crippen molar-refractivity contribution in [3.63, 3.8) is 0 Å². The molecule has 0 aromatic heterocycles. The van der Waals surface area contributed by atoms with Crippen LogP contribution in [0.3, 0.4) is 0 Å². The highest BCUT2D eigenvalue weighted by Crippen LogP contribution is 2.45. The molecule has 5 heteroatoms.